The largest absolute Gasteiger partial charge is 0.0544 e. The third kappa shape index (κ3) is 3.96. The third-order valence-electron chi connectivity index (χ3n) is 3.43. The van der Waals surface area contributed by atoms with Gasteiger partial charge in [-0.05, 0) is 46.5 Å². The predicted molar refractivity (Wildman–Crippen MR) is 103 cm³/mol. The van der Waals surface area contributed by atoms with Gasteiger partial charge in [0.2, 0.25) is 0 Å². The van der Waals surface area contributed by atoms with Crippen molar-refractivity contribution in [3.8, 4) is 11.1 Å². The van der Waals surface area contributed by atoms with Crippen LogP contribution in [0.3, 0.4) is 0 Å². The molecule has 0 fully saturated rings. The molecule has 0 aromatic heterocycles. The first-order valence-corrected chi connectivity index (χ1v) is 8.59. The van der Waals surface area contributed by atoms with Crippen LogP contribution in [0.1, 0.15) is 11.1 Å². The highest BCUT2D eigenvalue weighted by Crippen LogP contribution is 2.22. The minimum atomic E-state index is 1.10. The van der Waals surface area contributed by atoms with Crippen LogP contribution in [0.2, 0.25) is 0 Å². The average Bonchev–Trinajstić information content (AvgIpc) is 2.56. The van der Waals surface area contributed by atoms with E-state index in [-0.39, 0.29) is 0 Å². The molecule has 108 valence electrons. The summed E-state index contributed by atoms with van der Waals surface area (Å²) in [5.41, 5.74) is 4.85. The van der Waals surface area contributed by atoms with E-state index in [0.29, 0.717) is 0 Å². The van der Waals surface area contributed by atoms with Crippen LogP contribution in [0.5, 0.6) is 0 Å². The maximum absolute atomic E-state index is 3.46. The summed E-state index contributed by atoms with van der Waals surface area (Å²) in [6.07, 6.45) is 4.26. The van der Waals surface area contributed by atoms with Gasteiger partial charge in [-0.3, -0.25) is 0 Å². The van der Waals surface area contributed by atoms with Crippen molar-refractivity contribution >= 4 is 44.0 Å². The lowest BCUT2D eigenvalue weighted by molar-refractivity contribution is 1.58. The number of hydrogen-bond acceptors (Lipinski definition) is 0. The van der Waals surface area contributed by atoms with Gasteiger partial charge in [-0.1, -0.05) is 92.5 Å². The summed E-state index contributed by atoms with van der Waals surface area (Å²) in [6, 6.07) is 25.3. The van der Waals surface area contributed by atoms with Crippen molar-refractivity contribution in [1.82, 2.24) is 0 Å². The summed E-state index contributed by atoms with van der Waals surface area (Å²) >= 11 is 6.91. The zero-order chi connectivity index (χ0) is 15.4. The first-order chi connectivity index (χ1) is 10.7. The van der Waals surface area contributed by atoms with Crippen LogP contribution in [-0.2, 0) is 0 Å². The molecular formula is C20H14Br2. The van der Waals surface area contributed by atoms with E-state index in [4.69, 9.17) is 0 Å². The normalized spacial score (nSPS) is 11.0. The predicted octanol–water partition coefficient (Wildman–Crippen LogP) is 7.05. The minimum Gasteiger partial charge on any atom is -0.0544 e. The van der Waals surface area contributed by atoms with Gasteiger partial charge in [-0.2, -0.15) is 0 Å². The van der Waals surface area contributed by atoms with E-state index in [2.05, 4.69) is 117 Å². The molecule has 3 rings (SSSR count). The van der Waals surface area contributed by atoms with Crippen molar-refractivity contribution in [2.45, 2.75) is 0 Å². The van der Waals surface area contributed by atoms with Crippen LogP contribution in [-0.4, -0.2) is 0 Å². The highest BCUT2D eigenvalue weighted by Gasteiger charge is 1.97. The van der Waals surface area contributed by atoms with Gasteiger partial charge in [0.05, 0.1) is 0 Å². The molecule has 0 saturated heterocycles. The average molecular weight is 414 g/mol. The van der Waals surface area contributed by atoms with Crippen molar-refractivity contribution in [1.29, 1.82) is 0 Å². The lowest BCUT2D eigenvalue weighted by Gasteiger charge is -2.02. The van der Waals surface area contributed by atoms with Crippen molar-refractivity contribution < 1.29 is 0 Å². The van der Waals surface area contributed by atoms with Gasteiger partial charge < -0.3 is 0 Å². The molecule has 0 spiro atoms. The molecule has 22 heavy (non-hydrogen) atoms. The Bertz CT molecular complexity index is 767. The molecule has 0 unspecified atom stereocenters. The third-order valence-corrected chi connectivity index (χ3v) is 4.48. The van der Waals surface area contributed by atoms with Crippen molar-refractivity contribution in [3.05, 3.63) is 92.9 Å². The Morgan fingerprint density at radius 3 is 1.23 bits per heavy atom. The molecule has 2 heteroatoms. The van der Waals surface area contributed by atoms with Gasteiger partial charge >= 0.3 is 0 Å². The van der Waals surface area contributed by atoms with Crippen LogP contribution in [0.15, 0.2) is 81.7 Å². The Morgan fingerprint density at radius 2 is 0.773 bits per heavy atom. The van der Waals surface area contributed by atoms with E-state index in [9.17, 15) is 0 Å². The quantitative estimate of drug-likeness (QED) is 0.403. The Hall–Kier alpha value is -1.64. The number of hydrogen-bond donors (Lipinski definition) is 0. The second-order valence-corrected chi connectivity index (χ2v) is 6.85. The molecule has 0 nitrogen and oxygen atoms in total. The summed E-state index contributed by atoms with van der Waals surface area (Å²) in [4.78, 5) is 0. The lowest BCUT2D eigenvalue weighted by Crippen LogP contribution is -1.78. The zero-order valence-electron chi connectivity index (χ0n) is 11.8. The van der Waals surface area contributed by atoms with E-state index >= 15 is 0 Å². The van der Waals surface area contributed by atoms with Crippen LogP contribution in [0.4, 0.5) is 0 Å². The summed E-state index contributed by atoms with van der Waals surface area (Å²) in [5.74, 6) is 0. The second kappa shape index (κ2) is 7.08. The molecule has 0 amide bonds. The summed E-state index contributed by atoms with van der Waals surface area (Å²) in [7, 11) is 0. The number of halogens is 2. The summed E-state index contributed by atoms with van der Waals surface area (Å²) < 4.78 is 2.20. The minimum absolute atomic E-state index is 1.10. The highest BCUT2D eigenvalue weighted by molar-refractivity contribution is 9.10. The molecule has 0 aliphatic carbocycles. The van der Waals surface area contributed by atoms with E-state index in [1.54, 1.807) is 0 Å². The lowest BCUT2D eigenvalue weighted by atomic mass is 10.0. The van der Waals surface area contributed by atoms with E-state index in [1.165, 1.54) is 22.3 Å². The topological polar surface area (TPSA) is 0 Å². The van der Waals surface area contributed by atoms with E-state index in [1.807, 2.05) is 0 Å². The molecule has 0 aliphatic rings. The van der Waals surface area contributed by atoms with Crippen molar-refractivity contribution in [2.75, 3.05) is 0 Å². The monoisotopic (exact) mass is 412 g/mol. The fourth-order valence-corrected chi connectivity index (χ4v) is 2.72. The Balaban J connectivity index is 1.76. The van der Waals surface area contributed by atoms with Gasteiger partial charge in [0.25, 0.3) is 0 Å². The molecule has 0 heterocycles. The fourth-order valence-electron chi connectivity index (χ4n) is 2.20. The SMILES string of the molecule is Brc1ccc(C=Cc2ccc(-c3ccc(Br)cc3)cc2)cc1. The van der Waals surface area contributed by atoms with E-state index < -0.39 is 0 Å². The van der Waals surface area contributed by atoms with Gasteiger partial charge in [0, 0.05) is 8.95 Å². The highest BCUT2D eigenvalue weighted by atomic mass is 79.9. The number of rotatable bonds is 3. The van der Waals surface area contributed by atoms with Crippen LogP contribution < -0.4 is 0 Å². The molecule has 0 N–H and O–H groups in total. The van der Waals surface area contributed by atoms with Gasteiger partial charge in [-0.25, -0.2) is 0 Å². The van der Waals surface area contributed by atoms with Gasteiger partial charge in [0.1, 0.15) is 0 Å². The summed E-state index contributed by atoms with van der Waals surface area (Å²) in [5, 5.41) is 0. The van der Waals surface area contributed by atoms with Crippen LogP contribution in [0.25, 0.3) is 23.3 Å². The molecule has 3 aromatic rings. The van der Waals surface area contributed by atoms with Crippen LogP contribution >= 0.6 is 31.9 Å². The molecule has 3 aromatic carbocycles. The first kappa shape index (κ1) is 15.3. The Kier molecular flexibility index (Phi) is 4.91. The molecule has 0 aliphatic heterocycles. The molecule has 0 atom stereocenters. The Morgan fingerprint density at radius 1 is 0.455 bits per heavy atom. The molecule has 0 saturated carbocycles. The maximum Gasteiger partial charge on any atom is 0.0175 e. The standard InChI is InChI=1S/C20H14Br2/c21-19-11-5-16(6-12-19)2-1-15-3-7-17(8-4-15)18-9-13-20(22)14-10-18/h1-14H. The van der Waals surface area contributed by atoms with Gasteiger partial charge in [-0.15, -0.1) is 0 Å². The first-order valence-electron chi connectivity index (χ1n) is 7.00. The molecular weight excluding hydrogens is 400 g/mol. The molecule has 0 radical (unpaired) electrons. The van der Waals surface area contributed by atoms with Crippen molar-refractivity contribution in [2.24, 2.45) is 0 Å². The maximum atomic E-state index is 3.46. The fraction of sp³-hybridized carbons (Fsp3) is 0. The number of benzene rings is 3. The Labute approximate surface area is 147 Å². The second-order valence-electron chi connectivity index (χ2n) is 5.01. The smallest absolute Gasteiger partial charge is 0.0175 e. The van der Waals surface area contributed by atoms with Crippen LogP contribution in [0, 0.1) is 0 Å². The van der Waals surface area contributed by atoms with Crippen molar-refractivity contribution in [3.63, 3.8) is 0 Å². The molecule has 0 bridgehead atoms. The van der Waals surface area contributed by atoms with Gasteiger partial charge in [0.15, 0.2) is 0 Å². The zero-order valence-corrected chi connectivity index (χ0v) is 15.0. The summed E-state index contributed by atoms with van der Waals surface area (Å²) in [6.45, 7) is 0. The van der Waals surface area contributed by atoms with E-state index in [0.717, 1.165) is 8.95 Å².